The number of anilines is 2. The van der Waals surface area contributed by atoms with Gasteiger partial charge in [-0.2, -0.15) is 4.98 Å². The summed E-state index contributed by atoms with van der Waals surface area (Å²) in [6.07, 6.45) is 5.16. The number of benzene rings is 1. The van der Waals surface area contributed by atoms with Gasteiger partial charge in [-0.05, 0) is 45.1 Å². The van der Waals surface area contributed by atoms with E-state index in [1.165, 1.54) is 12.1 Å². The second-order valence-electron chi connectivity index (χ2n) is 8.37. The molecule has 31 heavy (non-hydrogen) atoms. The van der Waals surface area contributed by atoms with Crippen molar-refractivity contribution >= 4 is 23.4 Å². The first-order chi connectivity index (χ1) is 14.7. The summed E-state index contributed by atoms with van der Waals surface area (Å²) in [6.45, 7) is 3.88. The van der Waals surface area contributed by atoms with Crippen LogP contribution in [0.15, 0.2) is 30.5 Å². The maximum atomic E-state index is 12.7. The predicted octanol–water partition coefficient (Wildman–Crippen LogP) is 3.61. The van der Waals surface area contributed by atoms with Gasteiger partial charge in [-0.15, -0.1) is 0 Å². The molecule has 0 radical (unpaired) electrons. The lowest BCUT2D eigenvalue weighted by Crippen LogP contribution is -2.37. The fourth-order valence-corrected chi connectivity index (χ4v) is 3.94. The number of hydrogen-bond acceptors (Lipinski definition) is 7. The van der Waals surface area contributed by atoms with Gasteiger partial charge in [0.15, 0.2) is 0 Å². The molecule has 1 aromatic carbocycles. The summed E-state index contributed by atoms with van der Waals surface area (Å²) >= 11 is 0. The lowest BCUT2D eigenvalue weighted by atomic mass is 9.85. The molecule has 0 spiro atoms. The Bertz CT molecular complexity index is 923. The summed E-state index contributed by atoms with van der Waals surface area (Å²) in [6, 6.07) is 6.34. The van der Waals surface area contributed by atoms with Crippen LogP contribution in [0.2, 0.25) is 0 Å². The van der Waals surface area contributed by atoms with E-state index >= 15 is 0 Å². The Kier molecular flexibility index (Phi) is 7.04. The minimum Gasteiger partial charge on any atom is -0.362 e. The second-order valence-corrected chi connectivity index (χ2v) is 8.37. The predicted molar refractivity (Wildman–Crippen MR) is 120 cm³/mol. The van der Waals surface area contributed by atoms with Crippen molar-refractivity contribution in [3.8, 4) is 0 Å². The fraction of sp³-hybridized carbons (Fsp3) is 0.500. The first kappa shape index (κ1) is 22.5. The molecule has 9 heteroatoms. The largest absolute Gasteiger partial charge is 0.362 e. The molecule has 0 saturated heterocycles. The van der Waals surface area contributed by atoms with Crippen LogP contribution in [0, 0.1) is 23.0 Å². The van der Waals surface area contributed by atoms with Crippen molar-refractivity contribution in [1.29, 1.82) is 0 Å². The van der Waals surface area contributed by atoms with Gasteiger partial charge < -0.3 is 15.5 Å². The third-order valence-electron chi connectivity index (χ3n) is 5.76. The summed E-state index contributed by atoms with van der Waals surface area (Å²) in [5.41, 5.74) is 1.92. The molecule has 1 aliphatic rings. The minimum absolute atomic E-state index is 0.0326. The number of amides is 1. The Morgan fingerprint density at radius 3 is 2.42 bits per heavy atom. The summed E-state index contributed by atoms with van der Waals surface area (Å²) in [4.78, 5) is 34.0. The molecule has 1 aliphatic carbocycles. The van der Waals surface area contributed by atoms with Gasteiger partial charge >= 0.3 is 0 Å². The molecule has 0 unspecified atom stereocenters. The number of rotatable bonds is 7. The Labute approximate surface area is 182 Å². The summed E-state index contributed by atoms with van der Waals surface area (Å²) in [5, 5.41) is 17.2. The lowest BCUT2D eigenvalue weighted by Gasteiger charge is -2.29. The average molecular weight is 427 g/mol. The van der Waals surface area contributed by atoms with Gasteiger partial charge in [0.1, 0.15) is 5.82 Å². The average Bonchev–Trinajstić information content (AvgIpc) is 2.75. The third kappa shape index (κ3) is 5.68. The van der Waals surface area contributed by atoms with Gasteiger partial charge in [-0.25, -0.2) is 4.98 Å². The van der Waals surface area contributed by atoms with Crippen molar-refractivity contribution in [1.82, 2.24) is 15.3 Å². The molecular formula is C22H30N6O3. The van der Waals surface area contributed by atoms with Crippen LogP contribution in [0.5, 0.6) is 0 Å². The number of aromatic nitrogens is 2. The maximum Gasteiger partial charge on any atom is 0.269 e. The molecule has 1 saturated carbocycles. The molecule has 1 amide bonds. The van der Waals surface area contributed by atoms with E-state index < -0.39 is 4.92 Å². The minimum atomic E-state index is -0.428. The zero-order valence-corrected chi connectivity index (χ0v) is 18.5. The Balaban J connectivity index is 1.50. The zero-order valence-electron chi connectivity index (χ0n) is 18.5. The Hall–Kier alpha value is -3.23. The maximum absolute atomic E-state index is 12.7. The molecule has 2 aromatic rings. The zero-order chi connectivity index (χ0) is 22.5. The second kappa shape index (κ2) is 9.72. The number of nitro benzene ring substituents is 1. The first-order valence-corrected chi connectivity index (χ1v) is 10.6. The lowest BCUT2D eigenvalue weighted by molar-refractivity contribution is -0.384. The van der Waals surface area contributed by atoms with Crippen molar-refractivity contribution in [2.45, 2.75) is 51.6 Å². The quantitative estimate of drug-likeness (QED) is 0.513. The van der Waals surface area contributed by atoms with E-state index in [0.717, 1.165) is 42.6 Å². The fourth-order valence-electron chi connectivity index (χ4n) is 3.94. The number of non-ortho nitro benzene ring substituents is 1. The Morgan fingerprint density at radius 1 is 1.19 bits per heavy atom. The smallest absolute Gasteiger partial charge is 0.269 e. The van der Waals surface area contributed by atoms with Crippen LogP contribution in [0.1, 0.15) is 49.8 Å². The van der Waals surface area contributed by atoms with Crippen molar-refractivity contribution in [2.75, 3.05) is 24.3 Å². The van der Waals surface area contributed by atoms with Crippen LogP contribution in [-0.4, -0.2) is 40.9 Å². The van der Waals surface area contributed by atoms with E-state index in [1.807, 2.05) is 39.0 Å². The molecule has 3 rings (SSSR count). The van der Waals surface area contributed by atoms with Gasteiger partial charge in [0, 0.05) is 49.9 Å². The molecule has 0 bridgehead atoms. The molecule has 1 aromatic heterocycles. The molecule has 0 aliphatic heterocycles. The summed E-state index contributed by atoms with van der Waals surface area (Å²) in [7, 11) is 3.92. The third-order valence-corrected chi connectivity index (χ3v) is 5.76. The SMILES string of the molecule is Cc1cnc(NC2CCC(C(=O)N[C@@H](C)c3ccc([N+](=O)[O-])cc3)CC2)nc1N(C)C. The molecule has 2 N–H and O–H groups in total. The van der Waals surface area contributed by atoms with Crippen molar-refractivity contribution in [2.24, 2.45) is 5.92 Å². The van der Waals surface area contributed by atoms with E-state index in [4.69, 9.17) is 0 Å². The highest BCUT2D eigenvalue weighted by Crippen LogP contribution is 2.28. The van der Waals surface area contributed by atoms with E-state index in [-0.39, 0.29) is 29.6 Å². The first-order valence-electron chi connectivity index (χ1n) is 10.6. The van der Waals surface area contributed by atoms with Gasteiger partial charge in [-0.1, -0.05) is 12.1 Å². The number of aryl methyl sites for hydroxylation is 1. The van der Waals surface area contributed by atoms with E-state index in [9.17, 15) is 14.9 Å². The van der Waals surface area contributed by atoms with E-state index in [1.54, 1.807) is 12.1 Å². The van der Waals surface area contributed by atoms with Crippen LogP contribution in [0.4, 0.5) is 17.5 Å². The molecule has 166 valence electrons. The number of carbonyl (C=O) groups is 1. The highest BCUT2D eigenvalue weighted by Gasteiger charge is 2.27. The normalized spacial score (nSPS) is 19.4. The van der Waals surface area contributed by atoms with E-state index in [0.29, 0.717) is 5.95 Å². The molecular weight excluding hydrogens is 396 g/mol. The van der Waals surface area contributed by atoms with Crippen LogP contribution in [-0.2, 0) is 4.79 Å². The Morgan fingerprint density at radius 2 is 1.84 bits per heavy atom. The number of nitrogens with zero attached hydrogens (tertiary/aromatic N) is 4. The van der Waals surface area contributed by atoms with Crippen molar-refractivity contribution < 1.29 is 9.72 Å². The van der Waals surface area contributed by atoms with Gasteiger partial charge in [0.05, 0.1) is 11.0 Å². The van der Waals surface area contributed by atoms with Crippen LogP contribution in [0.25, 0.3) is 0 Å². The highest BCUT2D eigenvalue weighted by molar-refractivity contribution is 5.79. The number of carbonyl (C=O) groups excluding carboxylic acids is 1. The summed E-state index contributed by atoms with van der Waals surface area (Å²) in [5.74, 6) is 1.51. The summed E-state index contributed by atoms with van der Waals surface area (Å²) < 4.78 is 0. The van der Waals surface area contributed by atoms with Gasteiger partial charge in [0.2, 0.25) is 11.9 Å². The van der Waals surface area contributed by atoms with E-state index in [2.05, 4.69) is 20.6 Å². The van der Waals surface area contributed by atoms with Gasteiger partial charge in [0.25, 0.3) is 5.69 Å². The topological polar surface area (TPSA) is 113 Å². The highest BCUT2D eigenvalue weighted by atomic mass is 16.6. The molecule has 9 nitrogen and oxygen atoms in total. The van der Waals surface area contributed by atoms with Crippen LogP contribution >= 0.6 is 0 Å². The number of nitro groups is 1. The standard InChI is InChI=1S/C22H30N6O3/c1-14-13-23-22(26-20(14)27(3)4)25-18-9-5-17(6-10-18)21(29)24-15(2)16-7-11-19(12-8-16)28(30)31/h7-8,11-13,15,17-18H,5-6,9-10H2,1-4H3,(H,24,29)(H,23,25,26)/t15-,17?,18?/m0/s1. The number of nitrogens with one attached hydrogen (secondary N) is 2. The van der Waals surface area contributed by atoms with Crippen LogP contribution < -0.4 is 15.5 Å². The monoisotopic (exact) mass is 426 g/mol. The molecule has 1 heterocycles. The van der Waals surface area contributed by atoms with Gasteiger partial charge in [-0.3, -0.25) is 14.9 Å². The van der Waals surface area contributed by atoms with Crippen molar-refractivity contribution in [3.63, 3.8) is 0 Å². The number of hydrogen-bond donors (Lipinski definition) is 2. The molecule has 1 fully saturated rings. The van der Waals surface area contributed by atoms with Crippen molar-refractivity contribution in [3.05, 3.63) is 51.7 Å². The van der Waals surface area contributed by atoms with Crippen LogP contribution in [0.3, 0.4) is 0 Å². The molecule has 1 atom stereocenters.